The van der Waals surface area contributed by atoms with Gasteiger partial charge in [0.15, 0.2) is 6.61 Å². The van der Waals surface area contributed by atoms with E-state index in [1.807, 2.05) is 73.7 Å². The van der Waals surface area contributed by atoms with E-state index in [-0.39, 0.29) is 18.4 Å². The van der Waals surface area contributed by atoms with Crippen molar-refractivity contribution in [3.8, 4) is 5.75 Å². The predicted molar refractivity (Wildman–Crippen MR) is 127 cm³/mol. The molecule has 3 aromatic carbocycles. The number of rotatable bonds is 9. The second-order valence-corrected chi connectivity index (χ2v) is 8.04. The molecule has 31 heavy (non-hydrogen) atoms. The zero-order chi connectivity index (χ0) is 22.2. The molecular weight excluding hydrogens is 456 g/mol. The summed E-state index contributed by atoms with van der Waals surface area (Å²) in [5, 5.41) is 4.78. The first-order chi connectivity index (χ1) is 15.0. The molecular formula is C25H27BrN2O3. The Morgan fingerprint density at radius 3 is 2.45 bits per heavy atom. The van der Waals surface area contributed by atoms with Crippen LogP contribution < -0.4 is 10.1 Å². The quantitative estimate of drug-likeness (QED) is 0.485. The smallest absolute Gasteiger partial charge is 0.261 e. The van der Waals surface area contributed by atoms with Crippen LogP contribution in [0.1, 0.15) is 18.9 Å². The number of fused-ring (bicyclic) bond motifs is 1. The molecule has 0 radical (unpaired) electrons. The number of nitrogens with zero attached hydrogens (tertiary/aromatic N) is 1. The van der Waals surface area contributed by atoms with E-state index in [9.17, 15) is 9.59 Å². The molecule has 0 aliphatic carbocycles. The number of halogens is 1. The average Bonchev–Trinajstić information content (AvgIpc) is 2.81. The lowest BCUT2D eigenvalue weighted by atomic mass is 10.1. The molecule has 0 aliphatic rings. The van der Waals surface area contributed by atoms with Crippen molar-refractivity contribution in [1.29, 1.82) is 0 Å². The van der Waals surface area contributed by atoms with Crippen LogP contribution in [0.4, 0.5) is 0 Å². The normalized spacial score (nSPS) is 11.7. The van der Waals surface area contributed by atoms with E-state index in [2.05, 4.69) is 21.2 Å². The molecule has 0 fully saturated rings. The number of nitrogens with one attached hydrogen (secondary N) is 1. The standard InChI is InChI=1S/C25H27BrN2O3/c1-3-21(25(30)27-2)28(16-15-18-9-5-4-6-10-18)23(29)17-31-22-14-13-19-11-7-8-12-20(19)24(22)26/h4-14,21H,3,15-17H2,1-2H3,(H,27,30)/t21-/m1/s1. The van der Waals surface area contributed by atoms with Gasteiger partial charge in [-0.1, -0.05) is 67.6 Å². The number of carbonyl (C=O) groups excluding carboxylic acids is 2. The number of carbonyl (C=O) groups is 2. The second kappa shape index (κ2) is 11.0. The maximum Gasteiger partial charge on any atom is 0.261 e. The van der Waals surface area contributed by atoms with Crippen molar-refractivity contribution in [2.75, 3.05) is 20.2 Å². The van der Waals surface area contributed by atoms with Crippen LogP contribution in [0.5, 0.6) is 5.75 Å². The molecule has 1 atom stereocenters. The third-order valence-electron chi connectivity index (χ3n) is 5.30. The Bertz CT molecular complexity index is 1040. The van der Waals surface area contributed by atoms with Crippen molar-refractivity contribution in [2.24, 2.45) is 0 Å². The molecule has 0 heterocycles. The lowest BCUT2D eigenvalue weighted by molar-refractivity contribution is -0.142. The van der Waals surface area contributed by atoms with Gasteiger partial charge in [0.05, 0.1) is 4.47 Å². The summed E-state index contributed by atoms with van der Waals surface area (Å²) in [5.41, 5.74) is 1.12. The van der Waals surface area contributed by atoms with Gasteiger partial charge in [-0.3, -0.25) is 9.59 Å². The Kier molecular flexibility index (Phi) is 8.06. The number of hydrogen-bond acceptors (Lipinski definition) is 3. The van der Waals surface area contributed by atoms with Crippen molar-refractivity contribution in [3.63, 3.8) is 0 Å². The van der Waals surface area contributed by atoms with Crippen LogP contribution in [0, 0.1) is 0 Å². The summed E-state index contributed by atoms with van der Waals surface area (Å²) < 4.78 is 6.69. The number of likely N-dealkylation sites (N-methyl/N-ethyl adjacent to an activating group) is 1. The molecule has 3 aromatic rings. The molecule has 2 amide bonds. The largest absolute Gasteiger partial charge is 0.483 e. The lowest BCUT2D eigenvalue weighted by Crippen LogP contribution is -2.50. The van der Waals surface area contributed by atoms with Crippen LogP contribution in [0.2, 0.25) is 0 Å². The molecule has 0 saturated carbocycles. The summed E-state index contributed by atoms with van der Waals surface area (Å²) in [7, 11) is 1.59. The number of ether oxygens (including phenoxy) is 1. The Balaban J connectivity index is 1.75. The van der Waals surface area contributed by atoms with Gasteiger partial charge in [-0.25, -0.2) is 0 Å². The van der Waals surface area contributed by atoms with E-state index in [0.717, 1.165) is 20.8 Å². The molecule has 6 heteroatoms. The van der Waals surface area contributed by atoms with Crippen molar-refractivity contribution in [1.82, 2.24) is 10.2 Å². The maximum atomic E-state index is 13.1. The fourth-order valence-electron chi connectivity index (χ4n) is 3.61. The van der Waals surface area contributed by atoms with Crippen LogP contribution in [-0.4, -0.2) is 43.0 Å². The Hall–Kier alpha value is -2.86. The van der Waals surface area contributed by atoms with Gasteiger partial charge in [-0.15, -0.1) is 0 Å². The summed E-state index contributed by atoms with van der Waals surface area (Å²) in [6.07, 6.45) is 1.19. The highest BCUT2D eigenvalue weighted by Crippen LogP contribution is 2.33. The minimum absolute atomic E-state index is 0.140. The zero-order valence-corrected chi connectivity index (χ0v) is 19.4. The monoisotopic (exact) mass is 482 g/mol. The fraction of sp³-hybridized carbons (Fsp3) is 0.280. The number of amides is 2. The lowest BCUT2D eigenvalue weighted by Gasteiger charge is -2.30. The highest BCUT2D eigenvalue weighted by atomic mass is 79.9. The van der Waals surface area contributed by atoms with Gasteiger partial charge in [0, 0.05) is 13.6 Å². The fourth-order valence-corrected chi connectivity index (χ4v) is 4.22. The van der Waals surface area contributed by atoms with E-state index in [0.29, 0.717) is 25.1 Å². The first-order valence-electron chi connectivity index (χ1n) is 10.4. The van der Waals surface area contributed by atoms with E-state index < -0.39 is 6.04 Å². The minimum atomic E-state index is -0.537. The van der Waals surface area contributed by atoms with E-state index in [1.54, 1.807) is 11.9 Å². The maximum absolute atomic E-state index is 13.1. The second-order valence-electron chi connectivity index (χ2n) is 7.25. The molecule has 0 aromatic heterocycles. The minimum Gasteiger partial charge on any atom is -0.483 e. The highest BCUT2D eigenvalue weighted by molar-refractivity contribution is 9.10. The number of benzene rings is 3. The first kappa shape index (κ1) is 22.8. The summed E-state index contributed by atoms with van der Waals surface area (Å²) in [6.45, 7) is 2.21. The SMILES string of the molecule is CC[C@H](C(=O)NC)N(CCc1ccccc1)C(=O)COc1ccc2ccccc2c1Br. The van der Waals surface area contributed by atoms with Crippen molar-refractivity contribution in [3.05, 3.63) is 76.8 Å². The summed E-state index contributed by atoms with van der Waals surface area (Å²) in [6, 6.07) is 21.2. The highest BCUT2D eigenvalue weighted by Gasteiger charge is 2.28. The number of hydrogen-bond donors (Lipinski definition) is 1. The summed E-state index contributed by atoms with van der Waals surface area (Å²) in [4.78, 5) is 27.2. The molecule has 3 rings (SSSR count). The van der Waals surface area contributed by atoms with Crippen LogP contribution in [0.15, 0.2) is 71.2 Å². The molecule has 0 bridgehead atoms. The molecule has 1 N–H and O–H groups in total. The van der Waals surface area contributed by atoms with Gasteiger partial charge in [0.25, 0.3) is 5.91 Å². The predicted octanol–water partition coefficient (Wildman–Crippen LogP) is 4.58. The van der Waals surface area contributed by atoms with Gasteiger partial charge in [0.2, 0.25) is 5.91 Å². The van der Waals surface area contributed by atoms with Gasteiger partial charge >= 0.3 is 0 Å². The van der Waals surface area contributed by atoms with Crippen molar-refractivity contribution >= 4 is 38.5 Å². The Morgan fingerprint density at radius 2 is 1.74 bits per heavy atom. The topological polar surface area (TPSA) is 58.6 Å². The third kappa shape index (κ3) is 5.64. The zero-order valence-electron chi connectivity index (χ0n) is 17.8. The van der Waals surface area contributed by atoms with E-state index in [4.69, 9.17) is 4.74 Å². The summed E-state index contributed by atoms with van der Waals surface area (Å²) in [5.74, 6) is 0.213. The first-order valence-corrected chi connectivity index (χ1v) is 11.2. The van der Waals surface area contributed by atoms with Crippen LogP contribution in [-0.2, 0) is 16.0 Å². The van der Waals surface area contributed by atoms with Gasteiger partial charge < -0.3 is 15.0 Å². The third-order valence-corrected chi connectivity index (χ3v) is 6.11. The molecule has 162 valence electrons. The van der Waals surface area contributed by atoms with Crippen molar-refractivity contribution in [2.45, 2.75) is 25.8 Å². The van der Waals surface area contributed by atoms with E-state index >= 15 is 0 Å². The molecule has 0 spiro atoms. The van der Waals surface area contributed by atoms with Gasteiger partial charge in [-0.05, 0) is 51.2 Å². The molecule has 0 unspecified atom stereocenters. The molecule has 0 saturated heterocycles. The van der Waals surface area contributed by atoms with Crippen LogP contribution >= 0.6 is 15.9 Å². The van der Waals surface area contributed by atoms with Crippen LogP contribution in [0.25, 0.3) is 10.8 Å². The van der Waals surface area contributed by atoms with E-state index in [1.165, 1.54) is 0 Å². The van der Waals surface area contributed by atoms with Gasteiger partial charge in [-0.2, -0.15) is 0 Å². The van der Waals surface area contributed by atoms with Crippen LogP contribution in [0.3, 0.4) is 0 Å². The summed E-state index contributed by atoms with van der Waals surface area (Å²) >= 11 is 3.59. The Labute approximate surface area is 191 Å². The molecule has 0 aliphatic heterocycles. The van der Waals surface area contributed by atoms with Gasteiger partial charge in [0.1, 0.15) is 11.8 Å². The van der Waals surface area contributed by atoms with Crippen molar-refractivity contribution < 1.29 is 14.3 Å². The molecule has 5 nitrogen and oxygen atoms in total. The Morgan fingerprint density at radius 1 is 1.03 bits per heavy atom. The average molecular weight is 483 g/mol.